The van der Waals surface area contributed by atoms with E-state index >= 15 is 0 Å². The number of allylic oxidation sites excluding steroid dienone is 2. The largest absolute Gasteiger partial charge is 0.396 e. The van der Waals surface area contributed by atoms with Crippen molar-refractivity contribution in [1.29, 1.82) is 0 Å². The maximum absolute atomic E-state index is 14.1. The van der Waals surface area contributed by atoms with Crippen LogP contribution in [0.3, 0.4) is 0 Å². The number of unbranched alkanes of at least 4 members (excludes halogenated alkanes) is 1. The zero-order valence-corrected chi connectivity index (χ0v) is 27.0. The fraction of sp³-hybridized carbons (Fsp3) is 0.543. The molecule has 0 atom stereocenters. The molecule has 2 rings (SSSR count). The standard InChI is InChI=1S/C15H23F.C12H16N2.C5H10.C3H8O/c1-5-7-10-13-12(6-2)9-8-11-14(13)15(3,4)16;1-6-12-11(7-8(2)3)9(4)13-10(5)14-12;1-4-5(2)3;1-2-3-4/h8-9,11H,5-7,10H2,1-4H3;6-7H,2H2,1,3-5H3;2,4H2,1,3H3;4H,2-3H2,1H3/b;11-7-,12-6+;;. The van der Waals surface area contributed by atoms with Gasteiger partial charge in [0, 0.05) is 17.5 Å². The maximum Gasteiger partial charge on any atom is 0.130 e. The molecule has 1 aromatic carbocycles. The van der Waals surface area contributed by atoms with Gasteiger partial charge in [-0.3, -0.25) is 0 Å². The predicted molar refractivity (Wildman–Crippen MR) is 171 cm³/mol. The second-order valence-corrected chi connectivity index (χ2v) is 10.3. The molecule has 4 heteroatoms. The number of alkyl halides is 1. The molecule has 0 saturated heterocycles. The van der Waals surface area contributed by atoms with E-state index in [1.807, 2.05) is 65.8 Å². The van der Waals surface area contributed by atoms with Crippen LogP contribution in [0.2, 0.25) is 0 Å². The normalized spacial score (nSPS) is 11.4. The van der Waals surface area contributed by atoms with Gasteiger partial charge in [0.15, 0.2) is 0 Å². The van der Waals surface area contributed by atoms with E-state index in [4.69, 9.17) is 5.11 Å². The summed E-state index contributed by atoms with van der Waals surface area (Å²) in [5.74, 6) is 0.814. The number of hydrogen-bond donors (Lipinski definition) is 1. The molecule has 0 unspecified atom stereocenters. The molecule has 220 valence electrons. The predicted octanol–water partition coefficient (Wildman–Crippen LogP) is 8.41. The molecule has 0 amide bonds. The quantitative estimate of drug-likeness (QED) is 0.342. The lowest BCUT2D eigenvalue weighted by Crippen LogP contribution is -2.32. The monoisotopic (exact) mass is 540 g/mol. The lowest BCUT2D eigenvalue weighted by atomic mass is 9.88. The van der Waals surface area contributed by atoms with Gasteiger partial charge in [-0.1, -0.05) is 76.1 Å². The van der Waals surface area contributed by atoms with Gasteiger partial charge >= 0.3 is 0 Å². The summed E-state index contributed by atoms with van der Waals surface area (Å²) < 4.78 is 14.1. The smallest absolute Gasteiger partial charge is 0.130 e. The van der Waals surface area contributed by atoms with Crippen LogP contribution >= 0.6 is 0 Å². The van der Waals surface area contributed by atoms with Crippen molar-refractivity contribution < 1.29 is 9.50 Å². The lowest BCUT2D eigenvalue weighted by molar-refractivity contribution is 0.219. The maximum atomic E-state index is 14.1. The molecule has 1 heterocycles. The molecular weight excluding hydrogens is 483 g/mol. The Morgan fingerprint density at radius 2 is 1.59 bits per heavy atom. The summed E-state index contributed by atoms with van der Waals surface area (Å²) in [6.07, 6.45) is 10.3. The molecule has 1 N–H and O–H groups in total. The van der Waals surface area contributed by atoms with Crippen molar-refractivity contribution >= 4 is 12.2 Å². The molecule has 39 heavy (non-hydrogen) atoms. The van der Waals surface area contributed by atoms with E-state index in [9.17, 15) is 4.39 Å². The molecule has 0 radical (unpaired) electrons. The van der Waals surface area contributed by atoms with E-state index in [1.165, 1.54) is 16.7 Å². The van der Waals surface area contributed by atoms with Gasteiger partial charge in [0.1, 0.15) is 11.5 Å². The third kappa shape index (κ3) is 16.9. The molecule has 0 fully saturated rings. The fourth-order valence-electron chi connectivity index (χ4n) is 3.56. The summed E-state index contributed by atoms with van der Waals surface area (Å²) in [5, 5.41) is 9.93. The first-order valence-corrected chi connectivity index (χ1v) is 14.4. The Balaban J connectivity index is 0. The SMILES string of the molecule is C=C(C)/C=c1/c(C)nc(C)n/c1=C/C.C=C(C)CC.CCCCc1c(CC)cccc1C(C)(C)F.CCCO. The lowest BCUT2D eigenvalue weighted by Gasteiger charge is -2.21. The number of rotatable bonds is 8. The highest BCUT2D eigenvalue weighted by atomic mass is 19.1. The minimum atomic E-state index is -1.23. The van der Waals surface area contributed by atoms with Gasteiger partial charge in [-0.25, -0.2) is 14.4 Å². The molecule has 1 aromatic heterocycles. The average molecular weight is 541 g/mol. The van der Waals surface area contributed by atoms with Crippen molar-refractivity contribution in [1.82, 2.24) is 9.97 Å². The van der Waals surface area contributed by atoms with Gasteiger partial charge in [0.05, 0.1) is 5.35 Å². The number of aliphatic hydroxyl groups is 1. The van der Waals surface area contributed by atoms with Crippen LogP contribution in [0.4, 0.5) is 4.39 Å². The Labute approximate surface area is 239 Å². The van der Waals surface area contributed by atoms with Gasteiger partial charge in [0.2, 0.25) is 0 Å². The van der Waals surface area contributed by atoms with Crippen LogP contribution in [0.15, 0.2) is 42.5 Å². The number of aromatic nitrogens is 2. The number of nitrogens with zero attached hydrogens (tertiary/aromatic N) is 2. The van der Waals surface area contributed by atoms with Crippen molar-refractivity contribution in [2.75, 3.05) is 6.61 Å². The first-order chi connectivity index (χ1) is 18.2. The molecular formula is C35H57FN2O. The minimum Gasteiger partial charge on any atom is -0.396 e. The van der Waals surface area contributed by atoms with E-state index in [2.05, 4.69) is 50.0 Å². The van der Waals surface area contributed by atoms with Crippen molar-refractivity contribution in [3.05, 3.63) is 81.3 Å². The summed E-state index contributed by atoms with van der Waals surface area (Å²) in [6.45, 7) is 29.4. The number of aryl methyl sites for hydroxylation is 3. The third-order valence-corrected chi connectivity index (χ3v) is 5.84. The van der Waals surface area contributed by atoms with E-state index in [0.29, 0.717) is 6.61 Å². The van der Waals surface area contributed by atoms with Crippen molar-refractivity contribution in [3.63, 3.8) is 0 Å². The van der Waals surface area contributed by atoms with E-state index in [1.54, 1.807) is 13.8 Å². The van der Waals surface area contributed by atoms with Gasteiger partial charge in [-0.05, 0) is 103 Å². The highest BCUT2D eigenvalue weighted by Crippen LogP contribution is 2.31. The van der Waals surface area contributed by atoms with Crippen LogP contribution in [-0.4, -0.2) is 21.7 Å². The zero-order valence-electron chi connectivity index (χ0n) is 27.0. The van der Waals surface area contributed by atoms with Crippen LogP contribution in [-0.2, 0) is 18.5 Å². The summed E-state index contributed by atoms with van der Waals surface area (Å²) in [5.41, 5.74) is 5.47. The van der Waals surface area contributed by atoms with Crippen molar-refractivity contribution in [2.24, 2.45) is 0 Å². The second-order valence-electron chi connectivity index (χ2n) is 10.3. The third-order valence-electron chi connectivity index (χ3n) is 5.84. The van der Waals surface area contributed by atoms with Gasteiger partial charge < -0.3 is 5.11 Å². The Morgan fingerprint density at radius 1 is 1.03 bits per heavy atom. The van der Waals surface area contributed by atoms with Crippen LogP contribution in [0.25, 0.3) is 12.2 Å². The topological polar surface area (TPSA) is 46.0 Å². The fourth-order valence-corrected chi connectivity index (χ4v) is 3.56. The van der Waals surface area contributed by atoms with E-state index in [0.717, 1.165) is 71.7 Å². The van der Waals surface area contributed by atoms with Crippen LogP contribution in [0, 0.1) is 13.8 Å². The average Bonchev–Trinajstić information content (AvgIpc) is 2.88. The molecule has 3 nitrogen and oxygen atoms in total. The molecule has 0 spiro atoms. The Morgan fingerprint density at radius 3 is 1.97 bits per heavy atom. The molecule has 0 aliphatic rings. The first-order valence-electron chi connectivity index (χ1n) is 14.4. The second kappa shape index (κ2) is 21.3. The summed E-state index contributed by atoms with van der Waals surface area (Å²) >= 11 is 0. The molecule has 0 saturated carbocycles. The van der Waals surface area contributed by atoms with Gasteiger partial charge in [-0.2, -0.15) is 0 Å². The van der Waals surface area contributed by atoms with Crippen LogP contribution < -0.4 is 10.6 Å². The number of benzene rings is 1. The van der Waals surface area contributed by atoms with Crippen molar-refractivity contribution in [2.45, 2.75) is 120 Å². The Bertz CT molecular complexity index is 1110. The van der Waals surface area contributed by atoms with Crippen molar-refractivity contribution in [3.8, 4) is 0 Å². The first kappa shape index (κ1) is 38.6. The number of aliphatic hydroxyl groups excluding tert-OH is 1. The van der Waals surface area contributed by atoms with E-state index in [-0.39, 0.29) is 0 Å². The zero-order chi connectivity index (χ0) is 30.6. The van der Waals surface area contributed by atoms with Gasteiger partial charge in [0.25, 0.3) is 0 Å². The van der Waals surface area contributed by atoms with Crippen LogP contribution in [0.5, 0.6) is 0 Å². The summed E-state index contributed by atoms with van der Waals surface area (Å²) in [4.78, 5) is 8.70. The molecule has 2 aromatic rings. The highest BCUT2D eigenvalue weighted by molar-refractivity contribution is 5.45. The van der Waals surface area contributed by atoms with Crippen LogP contribution in [0.1, 0.15) is 116 Å². The molecule has 0 bridgehead atoms. The van der Waals surface area contributed by atoms with Gasteiger partial charge in [-0.15, -0.1) is 6.58 Å². The summed E-state index contributed by atoms with van der Waals surface area (Å²) in [7, 11) is 0. The Kier molecular flexibility index (Phi) is 21.0. The van der Waals surface area contributed by atoms with E-state index < -0.39 is 5.67 Å². The highest BCUT2D eigenvalue weighted by Gasteiger charge is 2.23. The molecule has 0 aliphatic heterocycles. The number of hydrogen-bond acceptors (Lipinski definition) is 3. The number of halogens is 1. The summed E-state index contributed by atoms with van der Waals surface area (Å²) in [6, 6.07) is 6.04. The minimum absolute atomic E-state index is 0.319. The molecule has 0 aliphatic carbocycles. The Hall–Kier alpha value is -2.59.